The normalized spacial score (nSPS) is 30.1. The second-order valence-electron chi connectivity index (χ2n) is 5.18. The molecule has 0 heterocycles. The minimum atomic E-state index is -1.29. The Balaban J connectivity index is 2.23. The van der Waals surface area contributed by atoms with E-state index >= 15 is 0 Å². The third-order valence-corrected chi connectivity index (χ3v) is 5.71. The zero-order valence-electron chi connectivity index (χ0n) is 10.6. The second-order valence-corrected chi connectivity index (χ2v) is 6.82. The fraction of sp³-hybridized carbons (Fsp3) is 0.571. The molecule has 0 spiro atoms. The van der Waals surface area contributed by atoms with Crippen molar-refractivity contribution in [3.8, 4) is 0 Å². The van der Waals surface area contributed by atoms with E-state index in [1.165, 1.54) is 6.07 Å². The minimum Gasteiger partial charge on any atom is -0.330 e. The molecule has 2 N–H and O–H groups in total. The summed E-state index contributed by atoms with van der Waals surface area (Å²) in [4.78, 5) is 0.329. The van der Waals surface area contributed by atoms with Crippen LogP contribution in [0.25, 0.3) is 0 Å². The van der Waals surface area contributed by atoms with Crippen molar-refractivity contribution in [1.29, 1.82) is 0 Å². The number of hydrogen-bond acceptors (Lipinski definition) is 2. The van der Waals surface area contributed by atoms with Gasteiger partial charge >= 0.3 is 0 Å². The first-order valence-electron chi connectivity index (χ1n) is 6.48. The van der Waals surface area contributed by atoms with Crippen molar-refractivity contribution < 1.29 is 8.60 Å². The lowest BCUT2D eigenvalue weighted by atomic mass is 9.82. The van der Waals surface area contributed by atoms with Crippen molar-refractivity contribution in [3.05, 3.63) is 30.1 Å². The summed E-state index contributed by atoms with van der Waals surface area (Å²) in [5, 5.41) is -0.00403. The molecule has 0 bridgehead atoms. The largest absolute Gasteiger partial charge is 0.330 e. The Morgan fingerprint density at radius 2 is 2.11 bits per heavy atom. The Labute approximate surface area is 110 Å². The zero-order valence-corrected chi connectivity index (χ0v) is 11.5. The van der Waals surface area contributed by atoms with Crippen molar-refractivity contribution in [1.82, 2.24) is 0 Å². The van der Waals surface area contributed by atoms with Gasteiger partial charge in [-0.1, -0.05) is 25.5 Å². The van der Waals surface area contributed by atoms with Crippen LogP contribution in [-0.2, 0) is 10.8 Å². The molecule has 4 unspecified atom stereocenters. The number of benzene rings is 1. The van der Waals surface area contributed by atoms with Crippen LogP contribution in [0.15, 0.2) is 29.2 Å². The van der Waals surface area contributed by atoms with E-state index in [2.05, 4.69) is 6.92 Å². The predicted molar refractivity (Wildman–Crippen MR) is 72.2 cm³/mol. The fourth-order valence-corrected chi connectivity index (χ4v) is 4.59. The lowest BCUT2D eigenvalue weighted by Gasteiger charge is -2.33. The minimum absolute atomic E-state index is 0.00403. The third kappa shape index (κ3) is 2.81. The molecule has 0 saturated heterocycles. The molecule has 100 valence electrons. The topological polar surface area (TPSA) is 43.1 Å². The maximum Gasteiger partial charge on any atom is 0.139 e. The summed E-state index contributed by atoms with van der Waals surface area (Å²) < 4.78 is 26.2. The molecule has 1 aromatic carbocycles. The molecule has 2 rings (SSSR count). The molecule has 1 aromatic rings. The van der Waals surface area contributed by atoms with Crippen LogP contribution in [-0.4, -0.2) is 16.0 Å². The fourth-order valence-electron chi connectivity index (χ4n) is 2.69. The summed E-state index contributed by atoms with van der Waals surface area (Å²) in [6.45, 7) is 2.70. The molecule has 4 atom stereocenters. The van der Waals surface area contributed by atoms with E-state index in [1.807, 2.05) is 0 Å². The van der Waals surface area contributed by atoms with E-state index in [1.54, 1.807) is 18.2 Å². The van der Waals surface area contributed by atoms with Crippen LogP contribution >= 0.6 is 0 Å². The van der Waals surface area contributed by atoms with Gasteiger partial charge in [0.05, 0.1) is 15.7 Å². The van der Waals surface area contributed by atoms with Crippen LogP contribution in [0.5, 0.6) is 0 Å². The van der Waals surface area contributed by atoms with E-state index in [9.17, 15) is 8.60 Å². The standard InChI is InChI=1S/C14H20FNOS/c1-10-6-7-11(9-16)14(8-10)18(17)13-5-3-2-4-12(13)15/h2-5,10-11,14H,6-9,16H2,1H3. The Hall–Kier alpha value is -0.740. The van der Waals surface area contributed by atoms with Gasteiger partial charge in [0.1, 0.15) is 5.82 Å². The molecular formula is C14H20FNOS. The maximum absolute atomic E-state index is 13.7. The van der Waals surface area contributed by atoms with Gasteiger partial charge in [-0.25, -0.2) is 4.39 Å². The van der Waals surface area contributed by atoms with Crippen LogP contribution in [0.3, 0.4) is 0 Å². The third-order valence-electron chi connectivity index (χ3n) is 3.82. The Morgan fingerprint density at radius 1 is 1.39 bits per heavy atom. The highest BCUT2D eigenvalue weighted by molar-refractivity contribution is 7.85. The van der Waals surface area contributed by atoms with Crippen LogP contribution in [0.4, 0.5) is 4.39 Å². The molecule has 18 heavy (non-hydrogen) atoms. The summed E-state index contributed by atoms with van der Waals surface area (Å²) in [5.74, 6) is 0.431. The summed E-state index contributed by atoms with van der Waals surface area (Å²) in [7, 11) is -1.29. The highest BCUT2D eigenvalue weighted by atomic mass is 32.2. The van der Waals surface area contributed by atoms with Crippen LogP contribution in [0.1, 0.15) is 26.2 Å². The molecule has 0 radical (unpaired) electrons. The van der Waals surface area contributed by atoms with E-state index in [-0.39, 0.29) is 17.0 Å². The molecule has 2 nitrogen and oxygen atoms in total. The summed E-state index contributed by atoms with van der Waals surface area (Å²) in [6.07, 6.45) is 3.01. The molecule has 1 saturated carbocycles. The van der Waals surface area contributed by atoms with Crippen LogP contribution < -0.4 is 5.73 Å². The van der Waals surface area contributed by atoms with Crippen molar-refractivity contribution in [2.75, 3.05) is 6.54 Å². The SMILES string of the molecule is CC1CCC(CN)C(S(=O)c2ccccc2F)C1. The highest BCUT2D eigenvalue weighted by Crippen LogP contribution is 2.34. The van der Waals surface area contributed by atoms with Gasteiger partial charge in [-0.15, -0.1) is 0 Å². The van der Waals surface area contributed by atoms with E-state index in [0.717, 1.165) is 19.3 Å². The highest BCUT2D eigenvalue weighted by Gasteiger charge is 2.33. The average molecular weight is 269 g/mol. The van der Waals surface area contributed by atoms with Gasteiger partial charge in [-0.3, -0.25) is 4.21 Å². The maximum atomic E-state index is 13.7. The molecule has 1 aliphatic rings. The van der Waals surface area contributed by atoms with Gasteiger partial charge in [0.25, 0.3) is 0 Å². The van der Waals surface area contributed by atoms with Crippen LogP contribution in [0.2, 0.25) is 0 Å². The van der Waals surface area contributed by atoms with Gasteiger partial charge in [-0.05, 0) is 43.4 Å². The first kappa shape index (κ1) is 13.7. The molecule has 1 aliphatic carbocycles. The average Bonchev–Trinajstić information content (AvgIpc) is 2.38. The van der Waals surface area contributed by atoms with Crippen molar-refractivity contribution in [3.63, 3.8) is 0 Å². The van der Waals surface area contributed by atoms with Crippen molar-refractivity contribution >= 4 is 10.8 Å². The van der Waals surface area contributed by atoms with Gasteiger partial charge in [0.2, 0.25) is 0 Å². The second kappa shape index (κ2) is 5.93. The monoisotopic (exact) mass is 269 g/mol. The van der Waals surface area contributed by atoms with Crippen LogP contribution in [0, 0.1) is 17.7 Å². The molecule has 4 heteroatoms. The smallest absolute Gasteiger partial charge is 0.139 e. The number of nitrogens with two attached hydrogens (primary N) is 1. The molecule has 0 aliphatic heterocycles. The molecule has 1 fully saturated rings. The Kier molecular flexibility index (Phi) is 4.51. The van der Waals surface area contributed by atoms with Crippen molar-refractivity contribution in [2.45, 2.75) is 36.3 Å². The quantitative estimate of drug-likeness (QED) is 0.917. The van der Waals surface area contributed by atoms with Crippen molar-refractivity contribution in [2.24, 2.45) is 17.6 Å². The first-order chi connectivity index (χ1) is 8.63. The molecular weight excluding hydrogens is 249 g/mol. The van der Waals surface area contributed by atoms with E-state index in [4.69, 9.17) is 5.73 Å². The Morgan fingerprint density at radius 3 is 2.78 bits per heavy atom. The Bertz CT molecular complexity index is 438. The number of rotatable bonds is 3. The van der Waals surface area contributed by atoms with Gasteiger partial charge < -0.3 is 5.73 Å². The summed E-state index contributed by atoms with van der Waals surface area (Å²) >= 11 is 0. The zero-order chi connectivity index (χ0) is 13.1. The van der Waals surface area contributed by atoms with Gasteiger partial charge in [-0.2, -0.15) is 0 Å². The number of halogens is 1. The lowest BCUT2D eigenvalue weighted by Crippen LogP contribution is -2.37. The molecule has 0 amide bonds. The van der Waals surface area contributed by atoms with E-state index < -0.39 is 10.8 Å². The molecule has 0 aromatic heterocycles. The summed E-state index contributed by atoms with van der Waals surface area (Å²) in [5.41, 5.74) is 5.76. The summed E-state index contributed by atoms with van der Waals surface area (Å²) in [6, 6.07) is 6.36. The van der Waals surface area contributed by atoms with Gasteiger partial charge in [0, 0.05) is 5.25 Å². The lowest BCUT2D eigenvalue weighted by molar-refractivity contribution is 0.301. The van der Waals surface area contributed by atoms with Gasteiger partial charge in [0.15, 0.2) is 0 Å². The first-order valence-corrected chi connectivity index (χ1v) is 7.70. The predicted octanol–water partition coefficient (Wildman–Crippen LogP) is 2.70. The van der Waals surface area contributed by atoms with E-state index in [0.29, 0.717) is 17.4 Å². The number of hydrogen-bond donors (Lipinski definition) is 1.